The topological polar surface area (TPSA) is 105 Å². The number of anilines is 2. The second-order valence-corrected chi connectivity index (χ2v) is 7.44. The minimum absolute atomic E-state index is 0.211. The number of aryl methyl sites for hydroxylation is 2. The zero-order chi connectivity index (χ0) is 19.2. The smallest absolute Gasteiger partial charge is 0.240 e. The standard InChI is InChI=1S/C17H25N5O3S/c1-5-18-16-11-17(22-13(3)21-16)19-8-9-20-26(23,24)14-6-7-15(25-4)12(2)10-14/h6-7,10-11,20H,5,8-9H2,1-4H3,(H2,18,19,21,22). The molecule has 0 bridgehead atoms. The number of hydrogen-bond acceptors (Lipinski definition) is 7. The maximum atomic E-state index is 12.4. The predicted molar refractivity (Wildman–Crippen MR) is 102 cm³/mol. The van der Waals surface area contributed by atoms with Crippen LogP contribution in [0.25, 0.3) is 0 Å². The van der Waals surface area contributed by atoms with Crippen LogP contribution in [0.2, 0.25) is 0 Å². The Labute approximate surface area is 154 Å². The van der Waals surface area contributed by atoms with Crippen LogP contribution in [0, 0.1) is 13.8 Å². The largest absolute Gasteiger partial charge is 0.496 e. The molecular formula is C17H25N5O3S. The van der Waals surface area contributed by atoms with Gasteiger partial charge in [0.15, 0.2) is 0 Å². The number of aromatic nitrogens is 2. The third kappa shape index (κ3) is 5.30. The van der Waals surface area contributed by atoms with Gasteiger partial charge in [0.2, 0.25) is 10.0 Å². The van der Waals surface area contributed by atoms with E-state index in [4.69, 9.17) is 4.74 Å². The van der Waals surface area contributed by atoms with Gasteiger partial charge in [0.25, 0.3) is 0 Å². The number of sulfonamides is 1. The number of ether oxygens (including phenoxy) is 1. The Balaban J connectivity index is 1.94. The summed E-state index contributed by atoms with van der Waals surface area (Å²) in [5.74, 6) is 2.67. The fourth-order valence-corrected chi connectivity index (χ4v) is 3.52. The number of methoxy groups -OCH3 is 1. The van der Waals surface area contributed by atoms with E-state index in [9.17, 15) is 8.42 Å². The maximum absolute atomic E-state index is 12.4. The minimum Gasteiger partial charge on any atom is -0.496 e. The molecule has 142 valence electrons. The number of benzene rings is 1. The van der Waals surface area contributed by atoms with E-state index >= 15 is 0 Å². The first-order valence-corrected chi connectivity index (χ1v) is 9.81. The molecular weight excluding hydrogens is 354 g/mol. The first-order valence-electron chi connectivity index (χ1n) is 8.33. The SMILES string of the molecule is CCNc1cc(NCCNS(=O)(=O)c2ccc(OC)c(C)c2)nc(C)n1. The Morgan fingerprint density at radius 1 is 1.04 bits per heavy atom. The van der Waals surface area contributed by atoms with Crippen LogP contribution in [-0.4, -0.2) is 45.1 Å². The van der Waals surface area contributed by atoms with Gasteiger partial charge < -0.3 is 15.4 Å². The fraction of sp³-hybridized carbons (Fsp3) is 0.412. The summed E-state index contributed by atoms with van der Waals surface area (Å²) in [5.41, 5.74) is 0.765. The molecule has 1 aromatic carbocycles. The van der Waals surface area contributed by atoms with Crippen molar-refractivity contribution in [2.45, 2.75) is 25.7 Å². The van der Waals surface area contributed by atoms with Crippen LogP contribution in [0.1, 0.15) is 18.3 Å². The van der Waals surface area contributed by atoms with Gasteiger partial charge in [0.1, 0.15) is 23.2 Å². The van der Waals surface area contributed by atoms with Crippen LogP contribution >= 0.6 is 0 Å². The third-order valence-corrected chi connectivity index (χ3v) is 5.05. The van der Waals surface area contributed by atoms with Crippen molar-refractivity contribution in [2.24, 2.45) is 0 Å². The summed E-state index contributed by atoms with van der Waals surface area (Å²) < 4.78 is 32.5. The van der Waals surface area contributed by atoms with Crippen molar-refractivity contribution in [3.63, 3.8) is 0 Å². The molecule has 8 nitrogen and oxygen atoms in total. The number of nitrogens with one attached hydrogen (secondary N) is 3. The van der Waals surface area contributed by atoms with E-state index in [2.05, 4.69) is 25.3 Å². The normalized spacial score (nSPS) is 11.2. The van der Waals surface area contributed by atoms with Gasteiger partial charge in [0, 0.05) is 25.7 Å². The molecule has 1 aromatic heterocycles. The Bertz CT molecular complexity index is 855. The summed E-state index contributed by atoms with van der Waals surface area (Å²) in [6.45, 7) is 6.99. The van der Waals surface area contributed by atoms with Gasteiger partial charge >= 0.3 is 0 Å². The lowest BCUT2D eigenvalue weighted by Crippen LogP contribution is -2.29. The highest BCUT2D eigenvalue weighted by Gasteiger charge is 2.14. The molecule has 0 amide bonds. The summed E-state index contributed by atoms with van der Waals surface area (Å²) in [6.07, 6.45) is 0. The Kier molecular flexibility index (Phi) is 6.76. The molecule has 26 heavy (non-hydrogen) atoms. The van der Waals surface area contributed by atoms with Gasteiger partial charge in [-0.1, -0.05) is 0 Å². The molecule has 0 saturated carbocycles. The van der Waals surface area contributed by atoms with E-state index < -0.39 is 10.0 Å². The van der Waals surface area contributed by atoms with Crippen LogP contribution < -0.4 is 20.1 Å². The van der Waals surface area contributed by atoms with E-state index in [1.54, 1.807) is 39.2 Å². The first-order chi connectivity index (χ1) is 12.4. The second-order valence-electron chi connectivity index (χ2n) is 5.67. The van der Waals surface area contributed by atoms with Gasteiger partial charge in [-0.15, -0.1) is 0 Å². The van der Waals surface area contributed by atoms with Crippen LogP contribution in [0.5, 0.6) is 5.75 Å². The minimum atomic E-state index is -3.58. The summed E-state index contributed by atoms with van der Waals surface area (Å²) in [7, 11) is -2.03. The van der Waals surface area contributed by atoms with Crippen LogP contribution in [0.4, 0.5) is 11.6 Å². The van der Waals surface area contributed by atoms with E-state index in [1.165, 1.54) is 6.07 Å². The van der Waals surface area contributed by atoms with Crippen molar-refractivity contribution in [3.8, 4) is 5.75 Å². The summed E-state index contributed by atoms with van der Waals surface area (Å²) >= 11 is 0. The predicted octanol–water partition coefficient (Wildman–Crippen LogP) is 1.92. The lowest BCUT2D eigenvalue weighted by atomic mass is 10.2. The number of nitrogens with zero attached hydrogens (tertiary/aromatic N) is 2. The quantitative estimate of drug-likeness (QED) is 0.572. The third-order valence-electron chi connectivity index (χ3n) is 3.60. The molecule has 0 spiro atoms. The summed E-state index contributed by atoms with van der Waals surface area (Å²) in [5, 5.41) is 6.23. The van der Waals surface area contributed by atoms with Gasteiger partial charge in [0.05, 0.1) is 12.0 Å². The molecule has 0 atom stereocenters. The highest BCUT2D eigenvalue weighted by atomic mass is 32.2. The second kappa shape index (κ2) is 8.81. The molecule has 0 aliphatic rings. The lowest BCUT2D eigenvalue weighted by Gasteiger charge is -2.11. The molecule has 3 N–H and O–H groups in total. The zero-order valence-electron chi connectivity index (χ0n) is 15.5. The van der Waals surface area contributed by atoms with Gasteiger partial charge in [-0.3, -0.25) is 0 Å². The molecule has 1 heterocycles. The highest BCUT2D eigenvalue weighted by molar-refractivity contribution is 7.89. The van der Waals surface area contributed by atoms with E-state index in [1.807, 2.05) is 6.92 Å². The lowest BCUT2D eigenvalue weighted by molar-refractivity contribution is 0.411. The molecule has 2 aromatic rings. The Morgan fingerprint density at radius 3 is 2.35 bits per heavy atom. The van der Waals surface area contributed by atoms with Gasteiger partial charge in [-0.25, -0.2) is 23.1 Å². The zero-order valence-corrected chi connectivity index (χ0v) is 16.3. The number of rotatable bonds is 9. The van der Waals surface area contributed by atoms with Crippen molar-refractivity contribution < 1.29 is 13.2 Å². The van der Waals surface area contributed by atoms with Crippen LogP contribution in [0.15, 0.2) is 29.2 Å². The van der Waals surface area contributed by atoms with Crippen molar-refractivity contribution in [1.29, 1.82) is 0 Å². The average molecular weight is 379 g/mol. The van der Waals surface area contributed by atoms with E-state index in [0.29, 0.717) is 23.9 Å². The highest BCUT2D eigenvalue weighted by Crippen LogP contribution is 2.21. The van der Waals surface area contributed by atoms with E-state index in [0.717, 1.165) is 17.9 Å². The Hall–Kier alpha value is -2.39. The number of hydrogen-bond donors (Lipinski definition) is 3. The molecule has 0 aliphatic carbocycles. The summed E-state index contributed by atoms with van der Waals surface area (Å²) in [4.78, 5) is 8.77. The van der Waals surface area contributed by atoms with Gasteiger partial charge in [-0.05, 0) is 44.5 Å². The van der Waals surface area contributed by atoms with Crippen molar-refractivity contribution in [3.05, 3.63) is 35.7 Å². The van der Waals surface area contributed by atoms with Crippen molar-refractivity contribution in [1.82, 2.24) is 14.7 Å². The average Bonchev–Trinajstić information content (AvgIpc) is 2.58. The Morgan fingerprint density at radius 2 is 1.73 bits per heavy atom. The van der Waals surface area contributed by atoms with Crippen LogP contribution in [-0.2, 0) is 10.0 Å². The first kappa shape index (κ1) is 19.9. The molecule has 0 saturated heterocycles. The van der Waals surface area contributed by atoms with Crippen LogP contribution in [0.3, 0.4) is 0 Å². The summed E-state index contributed by atoms with van der Waals surface area (Å²) in [6, 6.07) is 6.55. The van der Waals surface area contributed by atoms with Crippen molar-refractivity contribution in [2.75, 3.05) is 37.4 Å². The monoisotopic (exact) mass is 379 g/mol. The van der Waals surface area contributed by atoms with E-state index in [-0.39, 0.29) is 11.4 Å². The van der Waals surface area contributed by atoms with Crippen molar-refractivity contribution >= 4 is 21.7 Å². The fourth-order valence-electron chi connectivity index (χ4n) is 2.41. The molecule has 0 radical (unpaired) electrons. The maximum Gasteiger partial charge on any atom is 0.240 e. The molecule has 9 heteroatoms. The molecule has 0 aliphatic heterocycles. The molecule has 2 rings (SSSR count). The van der Waals surface area contributed by atoms with Gasteiger partial charge in [-0.2, -0.15) is 0 Å². The molecule has 0 fully saturated rings. The molecule has 0 unspecified atom stereocenters.